The van der Waals surface area contributed by atoms with Crippen LogP contribution in [0.5, 0.6) is 5.75 Å². The summed E-state index contributed by atoms with van der Waals surface area (Å²) in [7, 11) is 0. The van der Waals surface area contributed by atoms with Gasteiger partial charge in [0, 0.05) is 0 Å². The van der Waals surface area contributed by atoms with Crippen LogP contribution >= 0.6 is 12.4 Å². The van der Waals surface area contributed by atoms with E-state index in [0.29, 0.717) is 5.75 Å². The van der Waals surface area contributed by atoms with Crippen LogP contribution in [-0.4, -0.2) is 11.0 Å². The first kappa shape index (κ1) is 19.8. The summed E-state index contributed by atoms with van der Waals surface area (Å²) in [6.45, 7) is 14.1. The number of hydrogen-bond acceptors (Lipinski definition) is 2. The maximum absolute atomic E-state index is 11.5. The second-order valence-corrected chi connectivity index (χ2v) is 7.59. The van der Waals surface area contributed by atoms with Crippen molar-refractivity contribution in [2.75, 3.05) is 0 Å². The molecule has 4 heteroatoms. The van der Waals surface area contributed by atoms with Crippen molar-refractivity contribution in [3.63, 3.8) is 0 Å². The summed E-state index contributed by atoms with van der Waals surface area (Å²) in [5.74, 6) is -0.390. The Balaban J connectivity index is 0.00000400. The summed E-state index contributed by atoms with van der Waals surface area (Å²) in [6, 6.07) is 3.81. The number of halogens is 1. The van der Waals surface area contributed by atoms with Crippen LogP contribution in [0, 0.1) is 0 Å². The number of primary amides is 1. The lowest BCUT2D eigenvalue weighted by Gasteiger charge is -2.29. The molecule has 0 fully saturated rings. The molecule has 0 saturated carbocycles. The van der Waals surface area contributed by atoms with Crippen molar-refractivity contribution in [3.05, 3.63) is 28.8 Å². The fraction of sp³-hybridized carbons (Fsp3) is 0.588. The van der Waals surface area contributed by atoms with E-state index in [1.54, 1.807) is 6.92 Å². The second-order valence-electron chi connectivity index (χ2n) is 7.59. The average molecular weight is 314 g/mol. The highest BCUT2D eigenvalue weighted by atomic mass is 35.5. The Kier molecular flexibility index (Phi) is 5.90. The molecule has 0 aromatic heterocycles. The number of carbonyl (C=O) groups excluding carboxylic acids is 1. The minimum Gasteiger partial charge on any atom is -0.507 e. The van der Waals surface area contributed by atoms with Gasteiger partial charge in [0.05, 0.1) is 5.92 Å². The third-order valence-electron chi connectivity index (χ3n) is 3.68. The lowest BCUT2D eigenvalue weighted by Crippen LogP contribution is -2.22. The van der Waals surface area contributed by atoms with Gasteiger partial charge < -0.3 is 10.8 Å². The Bertz CT molecular complexity index is 490. The zero-order chi connectivity index (χ0) is 15.9. The van der Waals surface area contributed by atoms with Gasteiger partial charge in [-0.05, 0) is 34.4 Å². The van der Waals surface area contributed by atoms with Crippen molar-refractivity contribution < 1.29 is 9.90 Å². The monoisotopic (exact) mass is 313 g/mol. The van der Waals surface area contributed by atoms with Gasteiger partial charge in [0.25, 0.3) is 0 Å². The van der Waals surface area contributed by atoms with Crippen LogP contribution in [0.2, 0.25) is 0 Å². The van der Waals surface area contributed by atoms with Gasteiger partial charge in [0.2, 0.25) is 5.91 Å². The third kappa shape index (κ3) is 4.37. The number of phenols is 1. The fourth-order valence-corrected chi connectivity index (χ4v) is 2.21. The van der Waals surface area contributed by atoms with E-state index in [1.165, 1.54) is 0 Å². The van der Waals surface area contributed by atoms with E-state index in [2.05, 4.69) is 0 Å². The molecule has 21 heavy (non-hydrogen) atoms. The van der Waals surface area contributed by atoms with E-state index in [-0.39, 0.29) is 35.1 Å². The quantitative estimate of drug-likeness (QED) is 0.867. The van der Waals surface area contributed by atoms with E-state index >= 15 is 0 Å². The lowest BCUT2D eigenvalue weighted by atomic mass is 9.77. The van der Waals surface area contributed by atoms with E-state index in [0.717, 1.165) is 16.7 Å². The van der Waals surface area contributed by atoms with Crippen LogP contribution in [0.1, 0.15) is 71.1 Å². The molecule has 0 saturated heterocycles. The first-order valence-corrected chi connectivity index (χ1v) is 7.03. The molecule has 0 heterocycles. The Morgan fingerprint density at radius 2 is 1.38 bits per heavy atom. The van der Waals surface area contributed by atoms with Crippen LogP contribution in [0.25, 0.3) is 0 Å². The van der Waals surface area contributed by atoms with Crippen molar-refractivity contribution in [3.8, 4) is 5.75 Å². The van der Waals surface area contributed by atoms with Crippen molar-refractivity contribution in [2.45, 2.75) is 65.2 Å². The molecule has 1 aromatic rings. The van der Waals surface area contributed by atoms with Gasteiger partial charge in [-0.3, -0.25) is 4.79 Å². The molecule has 1 unspecified atom stereocenters. The van der Waals surface area contributed by atoms with Crippen molar-refractivity contribution in [1.29, 1.82) is 0 Å². The molecule has 120 valence electrons. The Morgan fingerprint density at radius 1 is 1.05 bits per heavy atom. The normalized spacial score (nSPS) is 13.5. The van der Waals surface area contributed by atoms with E-state index in [9.17, 15) is 9.90 Å². The SMILES string of the molecule is CC(C(N)=O)c1cc(C(C)(C)C)c(O)c(C(C)(C)C)c1.Cl. The third-order valence-corrected chi connectivity index (χ3v) is 3.68. The second kappa shape index (κ2) is 6.27. The van der Waals surface area contributed by atoms with Crippen LogP contribution in [0.15, 0.2) is 12.1 Å². The van der Waals surface area contributed by atoms with Gasteiger partial charge in [-0.15, -0.1) is 12.4 Å². The number of nitrogens with two attached hydrogens (primary N) is 1. The molecule has 0 aliphatic rings. The predicted octanol–water partition coefficient (Wildman–Crippen LogP) is 4.00. The van der Waals surface area contributed by atoms with Crippen molar-refractivity contribution in [1.82, 2.24) is 0 Å². The smallest absolute Gasteiger partial charge is 0.224 e. The van der Waals surface area contributed by atoms with Crippen LogP contribution in [0.4, 0.5) is 0 Å². The number of rotatable bonds is 2. The molecule has 3 nitrogen and oxygen atoms in total. The van der Waals surface area contributed by atoms with Gasteiger partial charge in [-0.2, -0.15) is 0 Å². The predicted molar refractivity (Wildman–Crippen MR) is 90.4 cm³/mol. The minimum atomic E-state index is -0.363. The Hall–Kier alpha value is -1.22. The maximum Gasteiger partial charge on any atom is 0.224 e. The van der Waals surface area contributed by atoms with E-state index < -0.39 is 0 Å². The molecule has 0 aliphatic carbocycles. The lowest BCUT2D eigenvalue weighted by molar-refractivity contribution is -0.119. The fourth-order valence-electron chi connectivity index (χ4n) is 2.21. The van der Waals surface area contributed by atoms with Gasteiger partial charge >= 0.3 is 0 Å². The first-order chi connectivity index (χ1) is 8.85. The summed E-state index contributed by atoms with van der Waals surface area (Å²) in [4.78, 5) is 11.5. The van der Waals surface area contributed by atoms with E-state index in [4.69, 9.17) is 5.73 Å². The number of phenolic OH excluding ortho intramolecular Hbond substituents is 1. The summed E-state index contributed by atoms with van der Waals surface area (Å²) < 4.78 is 0. The number of hydrogen-bond donors (Lipinski definition) is 2. The van der Waals surface area contributed by atoms with E-state index in [1.807, 2.05) is 53.7 Å². The molecule has 1 rings (SSSR count). The van der Waals surface area contributed by atoms with Gasteiger partial charge in [-0.25, -0.2) is 0 Å². The highest BCUT2D eigenvalue weighted by Crippen LogP contribution is 2.40. The van der Waals surface area contributed by atoms with Crippen LogP contribution < -0.4 is 5.73 Å². The molecule has 3 N–H and O–H groups in total. The minimum absolute atomic E-state index is 0. The summed E-state index contributed by atoms with van der Waals surface area (Å²) in [6.07, 6.45) is 0. The topological polar surface area (TPSA) is 63.3 Å². The number of aromatic hydroxyl groups is 1. The van der Waals surface area contributed by atoms with Gasteiger partial charge in [0.1, 0.15) is 5.75 Å². The molecular formula is C17H28ClNO2. The molecule has 0 bridgehead atoms. The molecule has 0 aliphatic heterocycles. The first-order valence-electron chi connectivity index (χ1n) is 7.03. The zero-order valence-electron chi connectivity index (χ0n) is 14.1. The van der Waals surface area contributed by atoms with Crippen LogP contribution in [-0.2, 0) is 15.6 Å². The molecule has 0 spiro atoms. The largest absolute Gasteiger partial charge is 0.507 e. The summed E-state index contributed by atoms with van der Waals surface area (Å²) in [5, 5.41) is 10.6. The average Bonchev–Trinajstić information content (AvgIpc) is 2.24. The maximum atomic E-state index is 11.5. The highest BCUT2D eigenvalue weighted by molar-refractivity contribution is 5.85. The van der Waals surface area contributed by atoms with Crippen molar-refractivity contribution in [2.24, 2.45) is 5.73 Å². The number of benzene rings is 1. The molecule has 0 radical (unpaired) electrons. The van der Waals surface area contributed by atoms with Gasteiger partial charge in [-0.1, -0.05) is 53.7 Å². The molecule has 1 atom stereocenters. The highest BCUT2D eigenvalue weighted by Gasteiger charge is 2.28. The Labute approximate surface area is 134 Å². The van der Waals surface area contributed by atoms with Crippen LogP contribution in [0.3, 0.4) is 0 Å². The number of carbonyl (C=O) groups is 1. The zero-order valence-corrected chi connectivity index (χ0v) is 14.9. The number of amides is 1. The van der Waals surface area contributed by atoms with Gasteiger partial charge in [0.15, 0.2) is 0 Å². The summed E-state index contributed by atoms with van der Waals surface area (Å²) >= 11 is 0. The standard InChI is InChI=1S/C17H27NO2.ClH/c1-10(15(18)20)11-8-12(16(2,3)4)14(19)13(9-11)17(5,6)7;/h8-10,19H,1-7H3,(H2,18,20);1H. The molecular weight excluding hydrogens is 286 g/mol. The Morgan fingerprint density at radius 3 is 1.62 bits per heavy atom. The molecule has 1 amide bonds. The summed E-state index contributed by atoms with van der Waals surface area (Å²) in [5.41, 5.74) is 7.60. The van der Waals surface area contributed by atoms with Crippen molar-refractivity contribution >= 4 is 18.3 Å². The molecule has 1 aromatic carbocycles.